The Morgan fingerprint density at radius 2 is 2.04 bits per heavy atom. The van der Waals surface area contributed by atoms with Crippen molar-refractivity contribution in [1.82, 2.24) is 19.2 Å². The van der Waals surface area contributed by atoms with Gasteiger partial charge in [-0.3, -0.25) is 9.48 Å². The molecule has 1 aromatic carbocycles. The third-order valence-electron chi connectivity index (χ3n) is 3.98. The first-order valence-corrected chi connectivity index (χ1v) is 8.12. The minimum absolute atomic E-state index is 0.126. The predicted molar refractivity (Wildman–Crippen MR) is 96.3 cm³/mol. The first-order chi connectivity index (χ1) is 12.0. The van der Waals surface area contributed by atoms with Crippen molar-refractivity contribution in [1.29, 1.82) is 0 Å². The molecule has 0 aliphatic rings. The van der Waals surface area contributed by atoms with Crippen molar-refractivity contribution in [2.24, 2.45) is 7.05 Å². The molecule has 0 saturated heterocycles. The lowest BCUT2D eigenvalue weighted by Crippen LogP contribution is -2.27. The second kappa shape index (κ2) is 7.03. The van der Waals surface area contributed by atoms with Gasteiger partial charge in [0, 0.05) is 43.6 Å². The van der Waals surface area contributed by atoms with Gasteiger partial charge in [0.2, 0.25) is 0 Å². The summed E-state index contributed by atoms with van der Waals surface area (Å²) in [5, 5.41) is 4.84. The quantitative estimate of drug-likeness (QED) is 0.704. The highest BCUT2D eigenvalue weighted by Gasteiger charge is 2.21. The Kier molecular flexibility index (Phi) is 4.81. The van der Waals surface area contributed by atoms with Crippen LogP contribution in [-0.4, -0.2) is 39.3 Å². The van der Waals surface area contributed by atoms with Crippen LogP contribution in [0.1, 0.15) is 15.9 Å². The molecular weight excluding hydrogens is 340 g/mol. The fraction of sp³-hybridized carbons (Fsp3) is 0.222. The van der Waals surface area contributed by atoms with Gasteiger partial charge in [-0.15, -0.1) is 0 Å². The molecule has 1 amide bonds. The molecule has 3 aromatic rings. The Morgan fingerprint density at radius 3 is 2.72 bits per heavy atom. The molecule has 6 nitrogen and oxygen atoms in total. The summed E-state index contributed by atoms with van der Waals surface area (Å²) in [6.45, 7) is 0.378. The average molecular weight is 359 g/mol. The molecule has 0 aliphatic carbocycles. The van der Waals surface area contributed by atoms with Gasteiger partial charge < -0.3 is 14.2 Å². The van der Waals surface area contributed by atoms with Crippen LogP contribution in [-0.2, 0) is 13.6 Å². The Labute approximate surface area is 151 Å². The van der Waals surface area contributed by atoms with Crippen LogP contribution >= 0.6 is 11.6 Å². The molecule has 0 atom stereocenters. The van der Waals surface area contributed by atoms with Crippen LogP contribution < -0.4 is 4.74 Å². The van der Waals surface area contributed by atoms with E-state index in [0.29, 0.717) is 22.9 Å². The van der Waals surface area contributed by atoms with E-state index < -0.39 is 0 Å². The number of benzene rings is 1. The average Bonchev–Trinajstić information content (AvgIpc) is 3.23. The van der Waals surface area contributed by atoms with Crippen molar-refractivity contribution in [2.75, 3.05) is 14.2 Å². The van der Waals surface area contributed by atoms with E-state index in [9.17, 15) is 4.79 Å². The number of aryl methyl sites for hydroxylation is 1. The molecule has 0 unspecified atom stereocenters. The summed E-state index contributed by atoms with van der Waals surface area (Å²) in [5.41, 5.74) is 1.37. The fourth-order valence-electron chi connectivity index (χ4n) is 2.77. The molecule has 130 valence electrons. The number of amides is 1. The van der Waals surface area contributed by atoms with Gasteiger partial charge in [-0.25, -0.2) is 0 Å². The molecule has 0 aliphatic heterocycles. The normalized spacial score (nSPS) is 10.7. The SMILES string of the molecule is COc1ccc(Cl)cc1CN(C)C(=O)c1cnn(C)c1-n1cccc1. The maximum Gasteiger partial charge on any atom is 0.259 e. The monoisotopic (exact) mass is 358 g/mol. The fourth-order valence-corrected chi connectivity index (χ4v) is 2.96. The lowest BCUT2D eigenvalue weighted by Gasteiger charge is -2.19. The summed E-state index contributed by atoms with van der Waals surface area (Å²) >= 11 is 6.07. The van der Waals surface area contributed by atoms with Gasteiger partial charge in [0.15, 0.2) is 0 Å². The second-order valence-electron chi connectivity index (χ2n) is 5.71. The lowest BCUT2D eigenvalue weighted by atomic mass is 10.1. The highest BCUT2D eigenvalue weighted by molar-refractivity contribution is 6.30. The molecule has 2 heterocycles. The van der Waals surface area contributed by atoms with E-state index in [-0.39, 0.29) is 5.91 Å². The maximum absolute atomic E-state index is 12.9. The summed E-state index contributed by atoms with van der Waals surface area (Å²) in [7, 11) is 5.15. The number of aromatic nitrogens is 3. The smallest absolute Gasteiger partial charge is 0.259 e. The number of methoxy groups -OCH3 is 1. The highest BCUT2D eigenvalue weighted by atomic mass is 35.5. The zero-order valence-corrected chi connectivity index (χ0v) is 15.1. The van der Waals surface area contributed by atoms with E-state index in [4.69, 9.17) is 16.3 Å². The zero-order chi connectivity index (χ0) is 18.0. The summed E-state index contributed by atoms with van der Waals surface area (Å²) in [6.07, 6.45) is 5.35. The lowest BCUT2D eigenvalue weighted by molar-refractivity contribution is 0.0784. The Bertz CT molecular complexity index is 887. The topological polar surface area (TPSA) is 52.3 Å². The van der Waals surface area contributed by atoms with Gasteiger partial charge in [-0.05, 0) is 30.3 Å². The van der Waals surface area contributed by atoms with Gasteiger partial charge in [0.1, 0.15) is 17.1 Å². The molecule has 0 saturated carbocycles. The van der Waals surface area contributed by atoms with Crippen LogP contribution in [0.3, 0.4) is 0 Å². The standard InChI is InChI=1S/C18H19ClN4O2/c1-21(12-13-10-14(19)6-7-16(13)25-3)18(24)15-11-20-22(2)17(15)23-8-4-5-9-23/h4-11H,12H2,1-3H3. The van der Waals surface area contributed by atoms with E-state index in [1.54, 1.807) is 48.1 Å². The molecule has 0 N–H and O–H groups in total. The van der Waals surface area contributed by atoms with Crippen LogP contribution in [0.5, 0.6) is 5.75 Å². The number of ether oxygens (including phenoxy) is 1. The van der Waals surface area contributed by atoms with Gasteiger partial charge in [-0.2, -0.15) is 5.10 Å². The Morgan fingerprint density at radius 1 is 1.32 bits per heavy atom. The van der Waals surface area contributed by atoms with E-state index in [1.807, 2.05) is 36.1 Å². The molecule has 0 bridgehead atoms. The summed E-state index contributed by atoms with van der Waals surface area (Å²) < 4.78 is 8.91. The maximum atomic E-state index is 12.9. The van der Waals surface area contributed by atoms with Crippen LogP contribution in [0, 0.1) is 0 Å². The zero-order valence-electron chi connectivity index (χ0n) is 14.3. The minimum Gasteiger partial charge on any atom is -0.496 e. The first-order valence-electron chi connectivity index (χ1n) is 7.74. The molecule has 2 aromatic heterocycles. The van der Waals surface area contributed by atoms with E-state index in [2.05, 4.69) is 5.10 Å². The third kappa shape index (κ3) is 3.39. The molecule has 0 fully saturated rings. The van der Waals surface area contributed by atoms with Gasteiger partial charge in [0.25, 0.3) is 5.91 Å². The number of carbonyl (C=O) groups excluding carboxylic acids is 1. The van der Waals surface area contributed by atoms with Crippen molar-refractivity contribution < 1.29 is 9.53 Å². The number of hydrogen-bond donors (Lipinski definition) is 0. The summed E-state index contributed by atoms with van der Waals surface area (Å²) in [4.78, 5) is 14.6. The van der Waals surface area contributed by atoms with E-state index in [1.165, 1.54) is 0 Å². The highest BCUT2D eigenvalue weighted by Crippen LogP contribution is 2.25. The van der Waals surface area contributed by atoms with Crippen molar-refractivity contribution in [3.05, 3.63) is 65.1 Å². The number of hydrogen-bond acceptors (Lipinski definition) is 3. The first kappa shape index (κ1) is 17.1. The molecule has 0 spiro atoms. The second-order valence-corrected chi connectivity index (χ2v) is 6.15. The van der Waals surface area contributed by atoms with Crippen LogP contribution in [0.2, 0.25) is 5.02 Å². The Hall–Kier alpha value is -2.73. The number of carbonyl (C=O) groups is 1. The Balaban J connectivity index is 1.89. The van der Waals surface area contributed by atoms with Crippen molar-refractivity contribution >= 4 is 17.5 Å². The van der Waals surface area contributed by atoms with Gasteiger partial charge in [-0.1, -0.05) is 11.6 Å². The van der Waals surface area contributed by atoms with Crippen LogP contribution in [0.25, 0.3) is 5.82 Å². The van der Waals surface area contributed by atoms with Crippen LogP contribution in [0.4, 0.5) is 0 Å². The number of rotatable bonds is 5. The minimum atomic E-state index is -0.126. The van der Waals surface area contributed by atoms with Gasteiger partial charge >= 0.3 is 0 Å². The van der Waals surface area contributed by atoms with Crippen molar-refractivity contribution in [3.63, 3.8) is 0 Å². The number of nitrogens with zero attached hydrogens (tertiary/aromatic N) is 4. The third-order valence-corrected chi connectivity index (χ3v) is 4.22. The molecular formula is C18H19ClN4O2. The largest absolute Gasteiger partial charge is 0.496 e. The van der Waals surface area contributed by atoms with Crippen LogP contribution in [0.15, 0.2) is 48.9 Å². The van der Waals surface area contributed by atoms with Crippen molar-refractivity contribution in [3.8, 4) is 11.6 Å². The summed E-state index contributed by atoms with van der Waals surface area (Å²) in [6, 6.07) is 9.17. The van der Waals surface area contributed by atoms with E-state index in [0.717, 1.165) is 11.4 Å². The van der Waals surface area contributed by atoms with Gasteiger partial charge in [0.05, 0.1) is 13.3 Å². The molecule has 0 radical (unpaired) electrons. The van der Waals surface area contributed by atoms with Crippen molar-refractivity contribution in [2.45, 2.75) is 6.54 Å². The number of halogens is 1. The van der Waals surface area contributed by atoms with E-state index >= 15 is 0 Å². The molecule has 3 rings (SSSR count). The predicted octanol–water partition coefficient (Wildman–Crippen LogP) is 3.15. The molecule has 7 heteroatoms. The summed E-state index contributed by atoms with van der Waals surface area (Å²) in [5.74, 6) is 1.29. The molecule has 25 heavy (non-hydrogen) atoms.